The first-order valence-electron chi connectivity index (χ1n) is 6.18. The summed E-state index contributed by atoms with van der Waals surface area (Å²) in [4.78, 5) is 20.1. The highest BCUT2D eigenvalue weighted by Crippen LogP contribution is 2.30. The first-order chi connectivity index (χ1) is 8.95. The molecule has 2 aromatic rings. The van der Waals surface area contributed by atoms with Crippen LogP contribution in [0.15, 0.2) is 24.3 Å². The Morgan fingerprint density at radius 3 is 2.42 bits per heavy atom. The number of primary amides is 1. The summed E-state index contributed by atoms with van der Waals surface area (Å²) in [6.45, 7) is 5.33. The van der Waals surface area contributed by atoms with E-state index < -0.39 is 0 Å². The lowest BCUT2D eigenvalue weighted by Crippen LogP contribution is -2.19. The van der Waals surface area contributed by atoms with Crippen LogP contribution in [0, 0.1) is 6.92 Å². The summed E-state index contributed by atoms with van der Waals surface area (Å²) in [7, 11) is 2.01. The molecule has 0 saturated carbocycles. The van der Waals surface area contributed by atoms with E-state index in [1.54, 1.807) is 0 Å². The van der Waals surface area contributed by atoms with Gasteiger partial charge in [0.1, 0.15) is 6.29 Å². The lowest BCUT2D eigenvalue weighted by molar-refractivity contribution is -0.119. The SMILES string of the molecule is CC=O.Cc1c(C(C)C(N)=O)c2ccccc2n1C. The van der Waals surface area contributed by atoms with Gasteiger partial charge in [0.25, 0.3) is 0 Å². The van der Waals surface area contributed by atoms with Crippen molar-refractivity contribution in [2.45, 2.75) is 26.7 Å². The van der Waals surface area contributed by atoms with E-state index in [9.17, 15) is 4.79 Å². The van der Waals surface area contributed by atoms with E-state index in [0.29, 0.717) is 0 Å². The Hall–Kier alpha value is -2.10. The zero-order valence-electron chi connectivity index (χ0n) is 11.8. The van der Waals surface area contributed by atoms with Crippen molar-refractivity contribution in [3.63, 3.8) is 0 Å². The molecule has 0 bridgehead atoms. The van der Waals surface area contributed by atoms with Gasteiger partial charge < -0.3 is 15.1 Å². The van der Waals surface area contributed by atoms with Crippen LogP contribution in [0.2, 0.25) is 0 Å². The second kappa shape index (κ2) is 6.18. The molecule has 2 rings (SSSR count). The molecule has 1 atom stereocenters. The normalized spacial score (nSPS) is 11.6. The highest BCUT2D eigenvalue weighted by atomic mass is 16.1. The number of rotatable bonds is 2. The molecule has 1 aromatic heterocycles. The summed E-state index contributed by atoms with van der Waals surface area (Å²) in [5.74, 6) is -0.523. The van der Waals surface area contributed by atoms with Gasteiger partial charge in [-0.25, -0.2) is 0 Å². The summed E-state index contributed by atoms with van der Waals surface area (Å²) in [6.07, 6.45) is 0.750. The molecule has 0 aliphatic rings. The number of aldehydes is 1. The van der Waals surface area contributed by atoms with Gasteiger partial charge in [-0.15, -0.1) is 0 Å². The van der Waals surface area contributed by atoms with Crippen LogP contribution in [-0.2, 0) is 16.6 Å². The number of fused-ring (bicyclic) bond motifs is 1. The maximum absolute atomic E-state index is 11.3. The zero-order chi connectivity index (χ0) is 14.6. The molecule has 0 saturated heterocycles. The molecule has 1 aromatic carbocycles. The first kappa shape index (κ1) is 15.0. The molecule has 0 fully saturated rings. The van der Waals surface area contributed by atoms with Crippen molar-refractivity contribution in [1.82, 2.24) is 4.57 Å². The van der Waals surface area contributed by atoms with Crippen LogP contribution in [-0.4, -0.2) is 16.8 Å². The fourth-order valence-corrected chi connectivity index (χ4v) is 2.24. The summed E-state index contributed by atoms with van der Waals surface area (Å²) in [5, 5.41) is 1.12. The average Bonchev–Trinajstić information content (AvgIpc) is 2.63. The van der Waals surface area contributed by atoms with Gasteiger partial charge in [0.2, 0.25) is 5.91 Å². The molecule has 0 aliphatic heterocycles. The molecule has 0 spiro atoms. The standard InChI is InChI=1S/C13H16N2O.C2H4O/c1-8(13(14)16)12-9(2)15(3)11-7-5-4-6-10(11)12;1-2-3/h4-8H,1-3H3,(H2,14,16);2H,1H3. The van der Waals surface area contributed by atoms with Crippen molar-refractivity contribution >= 4 is 23.1 Å². The van der Waals surface area contributed by atoms with Crippen molar-refractivity contribution in [2.75, 3.05) is 0 Å². The van der Waals surface area contributed by atoms with E-state index in [1.165, 1.54) is 6.92 Å². The van der Waals surface area contributed by atoms with E-state index in [1.807, 2.05) is 39.1 Å². The Balaban J connectivity index is 0.000000550. The molecule has 19 heavy (non-hydrogen) atoms. The molecular weight excluding hydrogens is 240 g/mol. The molecule has 4 nitrogen and oxygen atoms in total. The van der Waals surface area contributed by atoms with Gasteiger partial charge in [0.05, 0.1) is 5.92 Å². The number of hydrogen-bond donors (Lipinski definition) is 1. The third-order valence-electron chi connectivity index (χ3n) is 3.31. The number of benzene rings is 1. The number of carbonyl (C=O) groups excluding carboxylic acids is 2. The van der Waals surface area contributed by atoms with Crippen LogP contribution in [0.5, 0.6) is 0 Å². The summed E-state index contributed by atoms with van der Waals surface area (Å²) in [5.41, 5.74) is 8.68. The van der Waals surface area contributed by atoms with Gasteiger partial charge in [0, 0.05) is 23.6 Å². The fourth-order valence-electron chi connectivity index (χ4n) is 2.24. The fraction of sp³-hybridized carbons (Fsp3) is 0.333. The number of para-hydroxylation sites is 1. The Bertz CT molecular complexity index is 599. The number of hydrogen-bond acceptors (Lipinski definition) is 2. The van der Waals surface area contributed by atoms with Gasteiger partial charge in [-0.2, -0.15) is 0 Å². The predicted octanol–water partition coefficient (Wildman–Crippen LogP) is 2.28. The second-order valence-electron chi connectivity index (χ2n) is 4.44. The van der Waals surface area contributed by atoms with Gasteiger partial charge >= 0.3 is 0 Å². The molecule has 4 heteroatoms. The molecule has 1 heterocycles. The average molecular weight is 260 g/mol. The van der Waals surface area contributed by atoms with Crippen LogP contribution < -0.4 is 5.73 Å². The Morgan fingerprint density at radius 2 is 1.89 bits per heavy atom. The van der Waals surface area contributed by atoms with Crippen molar-refractivity contribution in [1.29, 1.82) is 0 Å². The van der Waals surface area contributed by atoms with Crippen molar-refractivity contribution in [3.05, 3.63) is 35.5 Å². The minimum Gasteiger partial charge on any atom is -0.369 e. The Kier molecular flexibility index (Phi) is 4.87. The van der Waals surface area contributed by atoms with Crippen molar-refractivity contribution in [3.8, 4) is 0 Å². The number of nitrogens with two attached hydrogens (primary N) is 1. The number of amides is 1. The monoisotopic (exact) mass is 260 g/mol. The van der Waals surface area contributed by atoms with Gasteiger partial charge in [-0.1, -0.05) is 18.2 Å². The number of aromatic nitrogens is 1. The molecule has 0 aliphatic carbocycles. The van der Waals surface area contributed by atoms with Gasteiger partial charge in [-0.3, -0.25) is 4.79 Å². The second-order valence-corrected chi connectivity index (χ2v) is 4.44. The topological polar surface area (TPSA) is 65.1 Å². The lowest BCUT2D eigenvalue weighted by atomic mass is 9.97. The van der Waals surface area contributed by atoms with Crippen molar-refractivity contribution in [2.24, 2.45) is 12.8 Å². The minimum atomic E-state index is -0.278. The predicted molar refractivity (Wildman–Crippen MR) is 77.0 cm³/mol. The van der Waals surface area contributed by atoms with Crippen LogP contribution in [0.4, 0.5) is 0 Å². The lowest BCUT2D eigenvalue weighted by Gasteiger charge is -2.08. The number of aryl methyl sites for hydroxylation is 1. The number of nitrogens with zero attached hydrogens (tertiary/aromatic N) is 1. The Labute approximate surface area is 113 Å². The highest BCUT2D eigenvalue weighted by Gasteiger charge is 2.20. The zero-order valence-corrected chi connectivity index (χ0v) is 11.8. The first-order valence-corrected chi connectivity index (χ1v) is 6.18. The van der Waals surface area contributed by atoms with Crippen LogP contribution in [0.25, 0.3) is 10.9 Å². The van der Waals surface area contributed by atoms with Crippen LogP contribution in [0.1, 0.15) is 31.0 Å². The van der Waals surface area contributed by atoms with Gasteiger partial charge in [0.15, 0.2) is 0 Å². The smallest absolute Gasteiger partial charge is 0.224 e. The highest BCUT2D eigenvalue weighted by molar-refractivity contribution is 5.92. The number of carbonyl (C=O) groups is 2. The third kappa shape index (κ3) is 2.84. The molecule has 102 valence electrons. The maximum Gasteiger partial charge on any atom is 0.224 e. The van der Waals surface area contributed by atoms with E-state index in [-0.39, 0.29) is 11.8 Å². The van der Waals surface area contributed by atoms with Gasteiger partial charge in [-0.05, 0) is 32.4 Å². The van der Waals surface area contributed by atoms with E-state index >= 15 is 0 Å². The van der Waals surface area contributed by atoms with E-state index in [4.69, 9.17) is 10.5 Å². The van der Waals surface area contributed by atoms with Crippen LogP contribution in [0.3, 0.4) is 0 Å². The third-order valence-corrected chi connectivity index (χ3v) is 3.31. The molecule has 1 unspecified atom stereocenters. The molecular formula is C15H20N2O2. The Morgan fingerprint density at radius 1 is 1.37 bits per heavy atom. The summed E-state index contributed by atoms with van der Waals surface area (Å²) >= 11 is 0. The molecule has 1 amide bonds. The minimum absolute atomic E-state index is 0.244. The molecule has 2 N–H and O–H groups in total. The van der Waals surface area contributed by atoms with Crippen LogP contribution >= 0.6 is 0 Å². The molecule has 0 radical (unpaired) electrons. The van der Waals surface area contributed by atoms with E-state index in [0.717, 1.165) is 28.4 Å². The van der Waals surface area contributed by atoms with E-state index in [2.05, 4.69) is 10.6 Å². The largest absolute Gasteiger partial charge is 0.369 e. The maximum atomic E-state index is 11.3. The van der Waals surface area contributed by atoms with Crippen molar-refractivity contribution < 1.29 is 9.59 Å². The quantitative estimate of drug-likeness (QED) is 0.842. The summed E-state index contributed by atoms with van der Waals surface area (Å²) < 4.78 is 2.10. The summed E-state index contributed by atoms with van der Waals surface area (Å²) in [6, 6.07) is 8.08.